The molecule has 0 spiro atoms. The van der Waals surface area contributed by atoms with Crippen molar-refractivity contribution in [3.63, 3.8) is 0 Å². The average molecular weight is 383 g/mol. The highest BCUT2D eigenvalue weighted by Crippen LogP contribution is 2.09. The van der Waals surface area contributed by atoms with E-state index in [0.717, 1.165) is 11.6 Å². The lowest BCUT2D eigenvalue weighted by atomic mass is 10.1. The van der Waals surface area contributed by atoms with E-state index >= 15 is 0 Å². The van der Waals surface area contributed by atoms with E-state index in [4.69, 9.17) is 15.3 Å². The van der Waals surface area contributed by atoms with E-state index in [0.29, 0.717) is 11.4 Å². The van der Waals surface area contributed by atoms with Crippen LogP contribution in [0.4, 0.5) is 0 Å². The smallest absolute Gasteiger partial charge is 0.338 e. The van der Waals surface area contributed by atoms with Gasteiger partial charge in [-0.25, -0.2) is 24.0 Å². The third kappa shape index (κ3) is 5.24. The van der Waals surface area contributed by atoms with Crippen LogP contribution in [0.1, 0.15) is 42.2 Å². The quantitative estimate of drug-likeness (QED) is 0.624. The van der Waals surface area contributed by atoms with Gasteiger partial charge in [0.1, 0.15) is 0 Å². The van der Waals surface area contributed by atoms with E-state index in [1.807, 2.05) is 13.0 Å². The van der Waals surface area contributed by atoms with Crippen molar-refractivity contribution in [1.29, 1.82) is 0 Å². The van der Waals surface area contributed by atoms with Crippen LogP contribution in [0, 0.1) is 13.8 Å². The maximum Gasteiger partial charge on any atom is 0.338 e. The first-order valence-corrected chi connectivity index (χ1v) is 7.96. The summed E-state index contributed by atoms with van der Waals surface area (Å²) in [6.07, 6.45) is 4.43. The molecule has 28 heavy (non-hydrogen) atoms. The van der Waals surface area contributed by atoms with Gasteiger partial charge in [-0.3, -0.25) is 0 Å². The Balaban J connectivity index is 0.000000203. The van der Waals surface area contributed by atoms with E-state index < -0.39 is 17.9 Å². The first-order chi connectivity index (χ1) is 13.2. The Kier molecular flexibility index (Phi) is 6.22. The van der Waals surface area contributed by atoms with E-state index in [1.165, 1.54) is 29.2 Å². The molecule has 3 rings (SSSR count). The van der Waals surface area contributed by atoms with Crippen molar-refractivity contribution in [3.05, 3.63) is 76.7 Å². The molecule has 1 aromatic carbocycles. The molecule has 0 aliphatic carbocycles. The number of carboxylic acids is 3. The van der Waals surface area contributed by atoms with E-state index in [-0.39, 0.29) is 16.7 Å². The molecule has 9 heteroatoms. The van der Waals surface area contributed by atoms with E-state index in [9.17, 15) is 14.4 Å². The fourth-order valence-electron chi connectivity index (χ4n) is 2.18. The molecule has 144 valence electrons. The van der Waals surface area contributed by atoms with Gasteiger partial charge in [0.05, 0.1) is 22.9 Å². The van der Waals surface area contributed by atoms with Gasteiger partial charge in [0, 0.05) is 12.4 Å². The highest BCUT2D eigenvalue weighted by molar-refractivity contribution is 5.94. The summed E-state index contributed by atoms with van der Waals surface area (Å²) < 4.78 is 1.43. The van der Waals surface area contributed by atoms with Gasteiger partial charge in [-0.2, -0.15) is 5.10 Å². The van der Waals surface area contributed by atoms with Crippen LogP contribution in [0.15, 0.2) is 48.9 Å². The van der Waals surface area contributed by atoms with Gasteiger partial charge in [0.15, 0.2) is 5.82 Å². The summed E-state index contributed by atoms with van der Waals surface area (Å²) >= 11 is 0. The highest BCUT2D eigenvalue weighted by Gasteiger charge is 2.09. The first kappa shape index (κ1) is 20.3. The van der Waals surface area contributed by atoms with Gasteiger partial charge in [0.25, 0.3) is 0 Å². The van der Waals surface area contributed by atoms with Crippen LogP contribution in [-0.2, 0) is 0 Å². The molecule has 2 aromatic heterocycles. The second-order valence-corrected chi connectivity index (χ2v) is 5.87. The summed E-state index contributed by atoms with van der Waals surface area (Å²) in [7, 11) is 0. The van der Waals surface area contributed by atoms with Gasteiger partial charge >= 0.3 is 17.9 Å². The number of aromatic nitrogens is 3. The molecule has 0 bridgehead atoms. The molecule has 3 N–H and O–H groups in total. The van der Waals surface area contributed by atoms with Crippen molar-refractivity contribution < 1.29 is 29.7 Å². The summed E-state index contributed by atoms with van der Waals surface area (Å²) in [4.78, 5) is 35.8. The Morgan fingerprint density at radius 2 is 1.36 bits per heavy atom. The van der Waals surface area contributed by atoms with Crippen LogP contribution in [0.2, 0.25) is 0 Å². The number of nitrogens with zero attached hydrogens (tertiary/aromatic N) is 3. The Bertz CT molecular complexity index is 992. The fraction of sp³-hybridized carbons (Fsp3) is 0.105. The van der Waals surface area contributed by atoms with Gasteiger partial charge in [-0.15, -0.1) is 0 Å². The third-order valence-corrected chi connectivity index (χ3v) is 3.53. The summed E-state index contributed by atoms with van der Waals surface area (Å²) in [5.41, 5.74) is 1.81. The second-order valence-electron chi connectivity index (χ2n) is 5.87. The number of benzene rings is 1. The highest BCUT2D eigenvalue weighted by atomic mass is 16.4. The number of hydrogen-bond acceptors (Lipinski definition) is 5. The third-order valence-electron chi connectivity index (χ3n) is 3.53. The summed E-state index contributed by atoms with van der Waals surface area (Å²) in [6.45, 7) is 3.58. The lowest BCUT2D eigenvalue weighted by Gasteiger charge is -1.99. The topological polar surface area (TPSA) is 143 Å². The van der Waals surface area contributed by atoms with Crippen LogP contribution in [0.25, 0.3) is 5.82 Å². The van der Waals surface area contributed by atoms with Crippen molar-refractivity contribution in [1.82, 2.24) is 14.8 Å². The van der Waals surface area contributed by atoms with E-state index in [1.54, 1.807) is 19.2 Å². The first-order valence-electron chi connectivity index (χ1n) is 7.96. The molecule has 0 saturated carbocycles. The molecule has 0 atom stereocenters. The molecule has 0 radical (unpaired) electrons. The molecular formula is C19H17N3O6. The van der Waals surface area contributed by atoms with Gasteiger partial charge in [-0.05, 0) is 49.2 Å². The number of aryl methyl sites for hydroxylation is 2. The Morgan fingerprint density at radius 1 is 0.786 bits per heavy atom. The zero-order chi connectivity index (χ0) is 20.8. The number of pyridine rings is 1. The average Bonchev–Trinajstić information content (AvgIpc) is 3.12. The van der Waals surface area contributed by atoms with Crippen LogP contribution in [-0.4, -0.2) is 48.0 Å². The van der Waals surface area contributed by atoms with E-state index in [2.05, 4.69) is 10.1 Å². The number of carbonyl (C=O) groups is 3. The predicted molar refractivity (Wildman–Crippen MR) is 98.2 cm³/mol. The second kappa shape index (κ2) is 8.58. The molecule has 0 fully saturated rings. The minimum atomic E-state index is -1.12. The van der Waals surface area contributed by atoms with Crippen LogP contribution < -0.4 is 0 Å². The minimum Gasteiger partial charge on any atom is -0.478 e. The fourth-order valence-corrected chi connectivity index (χ4v) is 2.18. The maximum atomic E-state index is 10.6. The molecule has 0 aliphatic heterocycles. The van der Waals surface area contributed by atoms with Gasteiger partial charge in [0.2, 0.25) is 0 Å². The van der Waals surface area contributed by atoms with Crippen molar-refractivity contribution in [2.75, 3.05) is 0 Å². The normalized spacial score (nSPS) is 9.93. The predicted octanol–water partition coefficient (Wildman–Crippen LogP) is 2.67. The summed E-state index contributed by atoms with van der Waals surface area (Å²) in [5, 5.41) is 29.9. The number of rotatable bonds is 4. The van der Waals surface area contributed by atoms with Gasteiger partial charge in [-0.1, -0.05) is 6.07 Å². The Hall–Kier alpha value is -4.01. The zero-order valence-corrected chi connectivity index (χ0v) is 15.0. The van der Waals surface area contributed by atoms with Crippen LogP contribution in [0.3, 0.4) is 0 Å². The lowest BCUT2D eigenvalue weighted by Crippen LogP contribution is -2.02. The molecule has 0 unspecified atom stereocenters. The lowest BCUT2D eigenvalue weighted by molar-refractivity contribution is 0.0682. The molecule has 0 aliphatic rings. The number of aromatic carboxylic acids is 3. The Labute approximate surface area is 159 Å². The molecular weight excluding hydrogens is 366 g/mol. The van der Waals surface area contributed by atoms with Crippen molar-refractivity contribution >= 4 is 17.9 Å². The zero-order valence-electron chi connectivity index (χ0n) is 15.0. The summed E-state index contributed by atoms with van der Waals surface area (Å²) in [5.74, 6) is -2.63. The standard InChI is InChI=1S/C10H9N3O2.C9H8O4/c1-7-2-3-9(11-4-7)13-6-8(5-12-13)10(14)15;1-5-2-6(8(10)11)4-7(3-5)9(12)13/h2-6H,1H3,(H,14,15);2-4H,1H3,(H,10,11)(H,12,13). The molecule has 2 heterocycles. The molecule has 3 aromatic rings. The van der Waals surface area contributed by atoms with Crippen LogP contribution >= 0.6 is 0 Å². The largest absolute Gasteiger partial charge is 0.478 e. The van der Waals surface area contributed by atoms with Crippen molar-refractivity contribution in [3.8, 4) is 5.82 Å². The minimum absolute atomic E-state index is 0.00241. The summed E-state index contributed by atoms with van der Waals surface area (Å²) in [6, 6.07) is 7.67. The Morgan fingerprint density at radius 3 is 1.79 bits per heavy atom. The molecule has 0 saturated heterocycles. The number of carboxylic acid groups (broad SMARTS) is 3. The van der Waals surface area contributed by atoms with Crippen molar-refractivity contribution in [2.24, 2.45) is 0 Å². The molecule has 0 amide bonds. The van der Waals surface area contributed by atoms with Crippen LogP contribution in [0.5, 0.6) is 0 Å². The van der Waals surface area contributed by atoms with Gasteiger partial charge < -0.3 is 15.3 Å². The SMILES string of the molecule is Cc1cc(C(=O)O)cc(C(=O)O)c1.Cc1ccc(-n2cc(C(=O)O)cn2)nc1. The maximum absolute atomic E-state index is 10.6. The van der Waals surface area contributed by atoms with Crippen molar-refractivity contribution in [2.45, 2.75) is 13.8 Å². The molecule has 9 nitrogen and oxygen atoms in total. The monoisotopic (exact) mass is 383 g/mol. The number of hydrogen-bond donors (Lipinski definition) is 3.